The molecule has 8 nitrogen and oxygen atoms in total. The zero-order valence-corrected chi connectivity index (χ0v) is 15.2. The SMILES string of the molecule is CCC(=O)c1ccc2c(c1)N(CC(=O)NCCCn1ccnc1)C(=O)CO2. The molecule has 1 aromatic carbocycles. The number of aromatic nitrogens is 2. The van der Waals surface area contributed by atoms with Gasteiger partial charge in [0.2, 0.25) is 5.91 Å². The first-order valence-corrected chi connectivity index (χ1v) is 8.91. The lowest BCUT2D eigenvalue weighted by Gasteiger charge is -2.29. The molecule has 0 radical (unpaired) electrons. The van der Waals surface area contributed by atoms with E-state index >= 15 is 0 Å². The minimum atomic E-state index is -0.308. The van der Waals surface area contributed by atoms with Gasteiger partial charge in [-0.2, -0.15) is 0 Å². The van der Waals surface area contributed by atoms with Gasteiger partial charge in [-0.25, -0.2) is 4.98 Å². The van der Waals surface area contributed by atoms with Crippen molar-refractivity contribution in [2.45, 2.75) is 26.3 Å². The van der Waals surface area contributed by atoms with Crippen LogP contribution >= 0.6 is 0 Å². The van der Waals surface area contributed by atoms with Crippen molar-refractivity contribution in [3.63, 3.8) is 0 Å². The maximum Gasteiger partial charge on any atom is 0.265 e. The minimum Gasteiger partial charge on any atom is -0.482 e. The Bertz CT molecular complexity index is 832. The summed E-state index contributed by atoms with van der Waals surface area (Å²) in [6, 6.07) is 4.96. The molecular formula is C19H22N4O4. The number of carbonyl (C=O) groups excluding carboxylic acids is 3. The highest BCUT2D eigenvalue weighted by atomic mass is 16.5. The summed E-state index contributed by atoms with van der Waals surface area (Å²) in [5.41, 5.74) is 0.958. The zero-order chi connectivity index (χ0) is 19.2. The van der Waals surface area contributed by atoms with Crippen LogP contribution in [0.1, 0.15) is 30.1 Å². The van der Waals surface area contributed by atoms with E-state index in [1.807, 2.05) is 10.8 Å². The molecule has 0 bridgehead atoms. The van der Waals surface area contributed by atoms with E-state index in [1.54, 1.807) is 37.6 Å². The Balaban J connectivity index is 1.61. The van der Waals surface area contributed by atoms with Crippen LogP contribution in [-0.2, 0) is 16.1 Å². The van der Waals surface area contributed by atoms with Crippen LogP contribution in [0.4, 0.5) is 5.69 Å². The molecule has 2 aromatic rings. The van der Waals surface area contributed by atoms with Crippen LogP contribution in [0, 0.1) is 0 Å². The molecule has 0 spiro atoms. The summed E-state index contributed by atoms with van der Waals surface area (Å²) in [5.74, 6) is -0.0962. The molecule has 0 fully saturated rings. The summed E-state index contributed by atoms with van der Waals surface area (Å²) in [5, 5.41) is 2.82. The molecule has 142 valence electrons. The zero-order valence-electron chi connectivity index (χ0n) is 15.2. The van der Waals surface area contributed by atoms with Crippen LogP contribution in [0.5, 0.6) is 5.75 Å². The highest BCUT2D eigenvalue weighted by Crippen LogP contribution is 2.33. The standard InChI is InChI=1S/C19H22N4O4/c1-2-16(24)14-4-5-17-15(10-14)23(19(26)12-27-17)11-18(25)21-6-3-8-22-9-7-20-13-22/h4-5,7,9-10,13H,2-3,6,8,11-12H2,1H3,(H,21,25). The molecule has 0 saturated heterocycles. The first-order chi connectivity index (χ1) is 13.1. The fourth-order valence-corrected chi connectivity index (χ4v) is 2.86. The van der Waals surface area contributed by atoms with Crippen LogP contribution < -0.4 is 15.0 Å². The fourth-order valence-electron chi connectivity index (χ4n) is 2.86. The van der Waals surface area contributed by atoms with Crippen molar-refractivity contribution >= 4 is 23.3 Å². The van der Waals surface area contributed by atoms with Gasteiger partial charge in [-0.1, -0.05) is 6.92 Å². The molecule has 0 unspecified atom stereocenters. The molecule has 1 aliphatic heterocycles. The third-order valence-electron chi connectivity index (χ3n) is 4.32. The predicted molar refractivity (Wildman–Crippen MR) is 98.8 cm³/mol. The van der Waals surface area contributed by atoms with Gasteiger partial charge in [0.1, 0.15) is 12.3 Å². The van der Waals surface area contributed by atoms with Crippen molar-refractivity contribution < 1.29 is 19.1 Å². The van der Waals surface area contributed by atoms with E-state index in [2.05, 4.69) is 10.3 Å². The average Bonchev–Trinajstić information content (AvgIpc) is 3.20. The van der Waals surface area contributed by atoms with Gasteiger partial charge in [0.25, 0.3) is 5.91 Å². The summed E-state index contributed by atoms with van der Waals surface area (Å²) in [6.45, 7) is 2.79. The summed E-state index contributed by atoms with van der Waals surface area (Å²) in [4.78, 5) is 41.8. The molecular weight excluding hydrogens is 348 g/mol. The molecule has 1 aromatic heterocycles. The fraction of sp³-hybridized carbons (Fsp3) is 0.368. The van der Waals surface area contributed by atoms with Crippen LogP contribution in [0.15, 0.2) is 36.9 Å². The number of ketones is 1. The Morgan fingerprint density at radius 1 is 1.33 bits per heavy atom. The Morgan fingerprint density at radius 2 is 2.19 bits per heavy atom. The Hall–Kier alpha value is -3.16. The van der Waals surface area contributed by atoms with Gasteiger partial charge < -0.3 is 14.6 Å². The van der Waals surface area contributed by atoms with Gasteiger partial charge in [0.15, 0.2) is 12.4 Å². The average molecular weight is 370 g/mol. The van der Waals surface area contributed by atoms with E-state index in [9.17, 15) is 14.4 Å². The first-order valence-electron chi connectivity index (χ1n) is 8.91. The largest absolute Gasteiger partial charge is 0.482 e. The van der Waals surface area contributed by atoms with Crippen molar-refractivity contribution in [1.82, 2.24) is 14.9 Å². The molecule has 3 rings (SSSR count). The lowest BCUT2D eigenvalue weighted by atomic mass is 10.1. The summed E-state index contributed by atoms with van der Waals surface area (Å²) < 4.78 is 7.34. The topological polar surface area (TPSA) is 93.5 Å². The van der Waals surface area contributed by atoms with Gasteiger partial charge in [-0.05, 0) is 24.6 Å². The highest BCUT2D eigenvalue weighted by Gasteiger charge is 2.28. The first kappa shape index (κ1) is 18.6. The highest BCUT2D eigenvalue weighted by molar-refractivity contribution is 6.04. The molecule has 27 heavy (non-hydrogen) atoms. The molecule has 8 heteroatoms. The third kappa shape index (κ3) is 4.52. The number of benzene rings is 1. The Morgan fingerprint density at radius 3 is 2.93 bits per heavy atom. The number of carbonyl (C=O) groups is 3. The van der Waals surface area contributed by atoms with E-state index in [0.717, 1.165) is 13.0 Å². The second-order valence-electron chi connectivity index (χ2n) is 6.23. The third-order valence-corrected chi connectivity index (χ3v) is 4.32. The van der Waals surface area contributed by atoms with E-state index < -0.39 is 0 Å². The molecule has 0 aliphatic carbocycles. The van der Waals surface area contributed by atoms with Crippen molar-refractivity contribution in [2.24, 2.45) is 0 Å². The van der Waals surface area contributed by atoms with Crippen LogP contribution in [-0.4, -0.2) is 46.8 Å². The maximum atomic E-state index is 12.3. The molecule has 0 saturated carbocycles. The van der Waals surface area contributed by atoms with Gasteiger partial charge in [0, 0.05) is 37.5 Å². The maximum absolute atomic E-state index is 12.3. The van der Waals surface area contributed by atoms with Gasteiger partial charge >= 0.3 is 0 Å². The van der Waals surface area contributed by atoms with Crippen LogP contribution in [0.2, 0.25) is 0 Å². The number of hydrogen-bond donors (Lipinski definition) is 1. The number of anilines is 1. The quantitative estimate of drug-likeness (QED) is 0.560. The number of hydrogen-bond acceptors (Lipinski definition) is 5. The molecule has 1 N–H and O–H groups in total. The normalized spacial score (nSPS) is 13.1. The number of nitrogens with zero attached hydrogens (tertiary/aromatic N) is 3. The van der Waals surface area contributed by atoms with Crippen molar-refractivity contribution in [3.05, 3.63) is 42.5 Å². The molecule has 1 aliphatic rings. The number of fused-ring (bicyclic) bond motifs is 1. The van der Waals surface area contributed by atoms with E-state index in [4.69, 9.17) is 4.74 Å². The summed E-state index contributed by atoms with van der Waals surface area (Å²) in [7, 11) is 0. The molecule has 0 atom stereocenters. The molecule has 2 heterocycles. The van der Waals surface area contributed by atoms with E-state index in [1.165, 1.54) is 4.90 Å². The van der Waals surface area contributed by atoms with Gasteiger partial charge in [-0.3, -0.25) is 19.3 Å². The monoisotopic (exact) mass is 370 g/mol. The van der Waals surface area contributed by atoms with Crippen molar-refractivity contribution in [2.75, 3.05) is 24.6 Å². The van der Waals surface area contributed by atoms with E-state index in [0.29, 0.717) is 30.0 Å². The second-order valence-corrected chi connectivity index (χ2v) is 6.23. The number of Topliss-reactive ketones (excluding diaryl/α,β-unsaturated/α-hetero) is 1. The smallest absolute Gasteiger partial charge is 0.265 e. The number of ether oxygens (including phenoxy) is 1. The summed E-state index contributed by atoms with van der Waals surface area (Å²) >= 11 is 0. The number of rotatable bonds is 8. The Labute approximate surface area is 157 Å². The van der Waals surface area contributed by atoms with Gasteiger partial charge in [0.05, 0.1) is 12.0 Å². The van der Waals surface area contributed by atoms with Crippen molar-refractivity contribution in [1.29, 1.82) is 0 Å². The van der Waals surface area contributed by atoms with Crippen LogP contribution in [0.3, 0.4) is 0 Å². The summed E-state index contributed by atoms with van der Waals surface area (Å²) in [6.07, 6.45) is 6.41. The second kappa shape index (κ2) is 8.48. The van der Waals surface area contributed by atoms with Crippen molar-refractivity contribution in [3.8, 4) is 5.75 Å². The lowest BCUT2D eigenvalue weighted by molar-refractivity contribution is -0.125. The lowest BCUT2D eigenvalue weighted by Crippen LogP contribution is -2.45. The number of imidazole rings is 1. The number of aryl methyl sites for hydroxylation is 1. The van der Waals surface area contributed by atoms with E-state index in [-0.39, 0.29) is 30.7 Å². The number of nitrogens with one attached hydrogen (secondary N) is 1. The Kier molecular flexibility index (Phi) is 5.85. The van der Waals surface area contributed by atoms with Crippen LogP contribution in [0.25, 0.3) is 0 Å². The minimum absolute atomic E-state index is 0.0280. The van der Waals surface area contributed by atoms with Gasteiger partial charge in [-0.15, -0.1) is 0 Å². The molecule has 2 amide bonds. The number of amides is 2. The predicted octanol–water partition coefficient (Wildman–Crippen LogP) is 1.41.